The molecule has 1 saturated heterocycles. The monoisotopic (exact) mass is 315 g/mol. The van der Waals surface area contributed by atoms with Crippen LogP contribution in [0.2, 0.25) is 0 Å². The standard InChI is InChI=1S/C13H18BrNO3/c1-10-12(14)4-5-13(16)15(10)6-8-17-9-11-3-2-7-18-11/h4-5,11H,2-3,6-9H2,1H3. The summed E-state index contributed by atoms with van der Waals surface area (Å²) in [5, 5.41) is 0. The van der Waals surface area contributed by atoms with Crippen LogP contribution in [0.4, 0.5) is 0 Å². The maximum absolute atomic E-state index is 11.7. The van der Waals surface area contributed by atoms with E-state index in [4.69, 9.17) is 9.47 Å². The zero-order valence-electron chi connectivity index (χ0n) is 10.5. The third-order valence-electron chi connectivity index (χ3n) is 3.18. The second-order valence-electron chi connectivity index (χ2n) is 4.47. The molecule has 0 amide bonds. The Bertz CT molecular complexity index is 452. The minimum absolute atomic E-state index is 0.0106. The van der Waals surface area contributed by atoms with Crippen LogP contribution in [-0.2, 0) is 16.0 Å². The third kappa shape index (κ3) is 3.43. The molecule has 1 unspecified atom stereocenters. The number of nitrogens with zero attached hydrogens (tertiary/aromatic N) is 1. The quantitative estimate of drug-likeness (QED) is 0.781. The molecule has 0 aromatic carbocycles. The van der Waals surface area contributed by atoms with E-state index in [1.54, 1.807) is 16.7 Å². The van der Waals surface area contributed by atoms with Crippen molar-refractivity contribution in [3.63, 3.8) is 0 Å². The Morgan fingerprint density at radius 1 is 1.56 bits per heavy atom. The average Bonchev–Trinajstić information content (AvgIpc) is 2.86. The first kappa shape index (κ1) is 13.8. The van der Waals surface area contributed by atoms with Gasteiger partial charge < -0.3 is 14.0 Å². The maximum Gasteiger partial charge on any atom is 0.250 e. The van der Waals surface area contributed by atoms with Gasteiger partial charge in [0, 0.05) is 29.4 Å². The Balaban J connectivity index is 1.82. The van der Waals surface area contributed by atoms with E-state index in [0.717, 1.165) is 29.6 Å². The predicted molar refractivity (Wildman–Crippen MR) is 72.9 cm³/mol. The van der Waals surface area contributed by atoms with E-state index >= 15 is 0 Å². The minimum Gasteiger partial charge on any atom is -0.377 e. The zero-order chi connectivity index (χ0) is 13.0. The van der Waals surface area contributed by atoms with E-state index < -0.39 is 0 Å². The van der Waals surface area contributed by atoms with E-state index in [9.17, 15) is 4.79 Å². The van der Waals surface area contributed by atoms with Gasteiger partial charge in [-0.05, 0) is 41.8 Å². The highest BCUT2D eigenvalue weighted by Crippen LogP contribution is 2.13. The Hall–Kier alpha value is -0.650. The molecule has 0 aliphatic carbocycles. The van der Waals surface area contributed by atoms with Crippen LogP contribution in [0, 0.1) is 6.92 Å². The molecule has 0 bridgehead atoms. The summed E-state index contributed by atoms with van der Waals surface area (Å²) in [6.07, 6.45) is 2.44. The van der Waals surface area contributed by atoms with E-state index in [1.807, 2.05) is 6.92 Å². The van der Waals surface area contributed by atoms with Crippen molar-refractivity contribution in [3.05, 3.63) is 32.7 Å². The fourth-order valence-corrected chi connectivity index (χ4v) is 2.42. The Morgan fingerprint density at radius 3 is 3.11 bits per heavy atom. The molecule has 1 aromatic heterocycles. The lowest BCUT2D eigenvalue weighted by atomic mass is 10.2. The summed E-state index contributed by atoms with van der Waals surface area (Å²) in [6.45, 7) is 4.51. The highest BCUT2D eigenvalue weighted by Gasteiger charge is 2.15. The number of pyridine rings is 1. The van der Waals surface area contributed by atoms with Crippen molar-refractivity contribution in [1.82, 2.24) is 4.57 Å². The van der Waals surface area contributed by atoms with Crippen LogP contribution < -0.4 is 5.56 Å². The van der Waals surface area contributed by atoms with Gasteiger partial charge in [0.1, 0.15) is 0 Å². The Labute approximate surface area is 115 Å². The summed E-state index contributed by atoms with van der Waals surface area (Å²) in [6, 6.07) is 3.35. The van der Waals surface area contributed by atoms with E-state index in [2.05, 4.69) is 15.9 Å². The van der Waals surface area contributed by atoms with Gasteiger partial charge in [0.15, 0.2) is 0 Å². The van der Waals surface area contributed by atoms with Crippen LogP contribution in [0.15, 0.2) is 21.4 Å². The van der Waals surface area contributed by atoms with E-state index in [0.29, 0.717) is 19.8 Å². The van der Waals surface area contributed by atoms with E-state index in [-0.39, 0.29) is 11.7 Å². The molecule has 1 aromatic rings. The fraction of sp³-hybridized carbons (Fsp3) is 0.615. The number of ether oxygens (including phenoxy) is 2. The van der Waals surface area contributed by atoms with Crippen LogP contribution >= 0.6 is 15.9 Å². The molecule has 0 radical (unpaired) electrons. The van der Waals surface area contributed by atoms with Gasteiger partial charge in [-0.2, -0.15) is 0 Å². The van der Waals surface area contributed by atoms with Crippen molar-refractivity contribution in [3.8, 4) is 0 Å². The van der Waals surface area contributed by atoms with Crippen molar-refractivity contribution in [2.75, 3.05) is 19.8 Å². The number of hydrogen-bond acceptors (Lipinski definition) is 3. The molecule has 1 fully saturated rings. The van der Waals surface area contributed by atoms with Crippen LogP contribution in [0.25, 0.3) is 0 Å². The molecule has 2 rings (SSSR count). The first-order chi connectivity index (χ1) is 8.68. The summed E-state index contributed by atoms with van der Waals surface area (Å²) in [5.74, 6) is 0. The second-order valence-corrected chi connectivity index (χ2v) is 5.32. The van der Waals surface area contributed by atoms with Crippen molar-refractivity contribution < 1.29 is 9.47 Å². The molecule has 4 nitrogen and oxygen atoms in total. The summed E-state index contributed by atoms with van der Waals surface area (Å²) in [4.78, 5) is 11.7. The molecule has 1 aliphatic rings. The highest BCUT2D eigenvalue weighted by atomic mass is 79.9. The number of rotatable bonds is 5. The molecule has 1 atom stereocenters. The molecule has 0 spiro atoms. The summed E-state index contributed by atoms with van der Waals surface area (Å²) in [7, 11) is 0. The number of halogens is 1. The molecular formula is C13H18BrNO3. The zero-order valence-corrected chi connectivity index (χ0v) is 12.1. The fourth-order valence-electron chi connectivity index (χ4n) is 2.07. The third-order valence-corrected chi connectivity index (χ3v) is 4.01. The predicted octanol–water partition coefficient (Wildman–Crippen LogP) is 2.11. The van der Waals surface area contributed by atoms with Gasteiger partial charge in [0.05, 0.1) is 19.3 Å². The van der Waals surface area contributed by atoms with Gasteiger partial charge in [0.25, 0.3) is 5.56 Å². The van der Waals surface area contributed by atoms with Gasteiger partial charge in [-0.25, -0.2) is 0 Å². The normalized spacial score (nSPS) is 19.3. The smallest absolute Gasteiger partial charge is 0.250 e. The molecule has 0 N–H and O–H groups in total. The van der Waals surface area contributed by atoms with Gasteiger partial charge in [0.2, 0.25) is 0 Å². The lowest BCUT2D eigenvalue weighted by Gasteiger charge is -2.13. The summed E-state index contributed by atoms with van der Waals surface area (Å²) < 4.78 is 13.7. The van der Waals surface area contributed by atoms with Crippen LogP contribution in [0.1, 0.15) is 18.5 Å². The molecule has 100 valence electrons. The Kier molecular flexibility index (Phi) is 4.97. The topological polar surface area (TPSA) is 40.5 Å². The van der Waals surface area contributed by atoms with Gasteiger partial charge in [-0.1, -0.05) is 0 Å². The molecule has 1 aliphatic heterocycles. The summed E-state index contributed by atoms with van der Waals surface area (Å²) >= 11 is 3.42. The largest absolute Gasteiger partial charge is 0.377 e. The highest BCUT2D eigenvalue weighted by molar-refractivity contribution is 9.10. The number of aromatic nitrogens is 1. The van der Waals surface area contributed by atoms with Crippen LogP contribution in [0.5, 0.6) is 0 Å². The average molecular weight is 316 g/mol. The van der Waals surface area contributed by atoms with Gasteiger partial charge in [-0.3, -0.25) is 4.79 Å². The van der Waals surface area contributed by atoms with Crippen molar-refractivity contribution in [2.24, 2.45) is 0 Å². The SMILES string of the molecule is Cc1c(Br)ccc(=O)n1CCOCC1CCCO1. The lowest BCUT2D eigenvalue weighted by Crippen LogP contribution is -2.25. The van der Waals surface area contributed by atoms with Crippen LogP contribution in [-0.4, -0.2) is 30.5 Å². The van der Waals surface area contributed by atoms with Crippen molar-refractivity contribution in [1.29, 1.82) is 0 Å². The second kappa shape index (κ2) is 6.50. The molecule has 18 heavy (non-hydrogen) atoms. The molecule has 2 heterocycles. The summed E-state index contributed by atoms with van der Waals surface area (Å²) in [5.41, 5.74) is 0.944. The number of hydrogen-bond donors (Lipinski definition) is 0. The van der Waals surface area contributed by atoms with E-state index in [1.165, 1.54) is 0 Å². The molecule has 0 saturated carbocycles. The molecule has 5 heteroatoms. The van der Waals surface area contributed by atoms with Crippen molar-refractivity contribution in [2.45, 2.75) is 32.4 Å². The first-order valence-corrected chi connectivity index (χ1v) is 7.03. The van der Waals surface area contributed by atoms with Gasteiger partial charge >= 0.3 is 0 Å². The maximum atomic E-state index is 11.7. The van der Waals surface area contributed by atoms with Crippen molar-refractivity contribution >= 4 is 15.9 Å². The Morgan fingerprint density at radius 2 is 2.39 bits per heavy atom. The first-order valence-electron chi connectivity index (χ1n) is 6.24. The molecular weight excluding hydrogens is 298 g/mol. The van der Waals surface area contributed by atoms with Gasteiger partial charge in [-0.15, -0.1) is 0 Å². The lowest BCUT2D eigenvalue weighted by molar-refractivity contribution is 0.0145. The minimum atomic E-state index is 0.0106. The van der Waals surface area contributed by atoms with Crippen LogP contribution in [0.3, 0.4) is 0 Å².